The molecule has 0 bridgehead atoms. The molecular formula is C25H29N7O9S2. The molecule has 0 atom stereocenters. The number of nitrogens with zero attached hydrogens (tertiary/aromatic N) is 4. The Morgan fingerprint density at radius 2 is 1.56 bits per heavy atom. The second-order valence-electron chi connectivity index (χ2n) is 8.64. The van der Waals surface area contributed by atoms with E-state index in [1.54, 1.807) is 18.2 Å². The number of carbonyl (C=O) groups is 1. The molecule has 3 rings (SSSR count). The van der Waals surface area contributed by atoms with Crippen molar-refractivity contribution in [2.75, 3.05) is 55.7 Å². The number of azo groups is 2. The van der Waals surface area contributed by atoms with Gasteiger partial charge in [0.2, 0.25) is 0 Å². The van der Waals surface area contributed by atoms with Gasteiger partial charge in [-0.05, 0) is 30.3 Å². The van der Waals surface area contributed by atoms with Crippen LogP contribution in [0.1, 0.15) is 10.4 Å². The van der Waals surface area contributed by atoms with Crippen LogP contribution in [-0.2, 0) is 24.7 Å². The number of ether oxygens (including phenoxy) is 2. The zero-order valence-corrected chi connectivity index (χ0v) is 24.6. The van der Waals surface area contributed by atoms with Gasteiger partial charge in [0, 0.05) is 18.3 Å². The van der Waals surface area contributed by atoms with Crippen LogP contribution in [-0.4, -0.2) is 71.3 Å². The fourth-order valence-corrected chi connectivity index (χ4v) is 5.11. The fourth-order valence-electron chi connectivity index (χ4n) is 3.58. The van der Waals surface area contributed by atoms with Gasteiger partial charge in [-0.2, -0.15) is 8.42 Å². The van der Waals surface area contributed by atoms with Gasteiger partial charge in [-0.25, -0.2) is 13.2 Å². The molecule has 0 aliphatic carbocycles. The van der Waals surface area contributed by atoms with E-state index in [0.29, 0.717) is 5.69 Å². The van der Waals surface area contributed by atoms with Gasteiger partial charge < -0.3 is 31.4 Å². The van der Waals surface area contributed by atoms with Crippen molar-refractivity contribution in [3.05, 3.63) is 54.1 Å². The molecule has 0 aliphatic heterocycles. The van der Waals surface area contributed by atoms with Crippen molar-refractivity contribution in [3.63, 3.8) is 0 Å². The minimum Gasteiger partial charge on any atom is -0.494 e. The number of benzene rings is 3. The molecule has 7 N–H and O–H groups in total. The highest BCUT2D eigenvalue weighted by atomic mass is 32.2. The maximum absolute atomic E-state index is 12.1. The number of rotatable bonds is 13. The second-order valence-corrected chi connectivity index (χ2v) is 12.3. The quantitative estimate of drug-likeness (QED) is 0.0782. The molecule has 0 amide bonds. The number of nitrogen functional groups attached to an aromatic ring is 2. The molecule has 3 aromatic carbocycles. The van der Waals surface area contributed by atoms with Crippen molar-refractivity contribution in [1.29, 1.82) is 0 Å². The standard InChI is InChI=1S/C25H29N7O9S2/c1-40-20-13-15(28-9-11-42(35,36)12-10-33)7-8-18(20)30-32-24-22(26)19(14-21(23(24)27)43(37,38)39)31-29-17-6-4-3-5-16(17)25(34)41-2/h3-8,13-14,28,33H,9-12,26-27H2,1-2H3,(H,37,38,39). The largest absolute Gasteiger partial charge is 0.494 e. The third-order valence-electron chi connectivity index (χ3n) is 5.75. The first-order chi connectivity index (χ1) is 20.3. The van der Waals surface area contributed by atoms with E-state index in [0.717, 1.165) is 6.07 Å². The summed E-state index contributed by atoms with van der Waals surface area (Å²) in [5.74, 6) is -1.02. The molecule has 18 heteroatoms. The fraction of sp³-hybridized carbons (Fsp3) is 0.240. The molecule has 0 aliphatic rings. The summed E-state index contributed by atoms with van der Waals surface area (Å²) in [6, 6.07) is 11.5. The van der Waals surface area contributed by atoms with Gasteiger partial charge in [0.05, 0.1) is 49.3 Å². The summed E-state index contributed by atoms with van der Waals surface area (Å²) in [5, 5.41) is 27.8. The second kappa shape index (κ2) is 14.0. The van der Waals surface area contributed by atoms with E-state index < -0.39 is 43.1 Å². The highest BCUT2D eigenvalue weighted by molar-refractivity contribution is 7.91. The van der Waals surface area contributed by atoms with E-state index in [-0.39, 0.29) is 57.8 Å². The Morgan fingerprint density at radius 1 is 0.884 bits per heavy atom. The number of carbonyl (C=O) groups excluding carboxylic acids is 1. The van der Waals surface area contributed by atoms with Crippen LogP contribution in [0.3, 0.4) is 0 Å². The third kappa shape index (κ3) is 8.44. The van der Waals surface area contributed by atoms with Gasteiger partial charge in [0.15, 0.2) is 9.84 Å². The van der Waals surface area contributed by atoms with Crippen LogP contribution in [0.25, 0.3) is 0 Å². The highest BCUT2D eigenvalue weighted by Gasteiger charge is 2.23. The lowest BCUT2D eigenvalue weighted by atomic mass is 10.2. The smallest absolute Gasteiger partial charge is 0.340 e. The van der Waals surface area contributed by atoms with Gasteiger partial charge >= 0.3 is 5.97 Å². The molecule has 43 heavy (non-hydrogen) atoms. The molecule has 0 saturated heterocycles. The number of aliphatic hydroxyl groups is 1. The van der Waals surface area contributed by atoms with Crippen molar-refractivity contribution in [1.82, 2.24) is 0 Å². The lowest BCUT2D eigenvalue weighted by Gasteiger charge is -2.12. The molecule has 0 aromatic heterocycles. The van der Waals surface area contributed by atoms with Gasteiger partial charge in [0.1, 0.15) is 33.4 Å². The molecule has 0 unspecified atom stereocenters. The van der Waals surface area contributed by atoms with Crippen LogP contribution in [0.2, 0.25) is 0 Å². The maximum Gasteiger partial charge on any atom is 0.340 e. The molecule has 0 radical (unpaired) electrons. The highest BCUT2D eigenvalue weighted by Crippen LogP contribution is 2.44. The molecule has 0 heterocycles. The molecule has 3 aromatic rings. The summed E-state index contributed by atoms with van der Waals surface area (Å²) in [7, 11) is -5.74. The van der Waals surface area contributed by atoms with Crippen molar-refractivity contribution in [2.45, 2.75) is 4.90 Å². The number of nitrogens with one attached hydrogen (secondary N) is 1. The van der Waals surface area contributed by atoms with Gasteiger partial charge in [-0.3, -0.25) is 4.55 Å². The molecule has 230 valence electrons. The van der Waals surface area contributed by atoms with Crippen molar-refractivity contribution >= 4 is 65.7 Å². The predicted molar refractivity (Wildman–Crippen MR) is 158 cm³/mol. The predicted octanol–water partition coefficient (Wildman–Crippen LogP) is 3.54. The van der Waals surface area contributed by atoms with E-state index in [2.05, 4.69) is 25.8 Å². The minimum absolute atomic E-state index is 0.0727. The molecule has 0 saturated carbocycles. The zero-order chi connectivity index (χ0) is 31.8. The number of aliphatic hydroxyl groups excluding tert-OH is 1. The van der Waals surface area contributed by atoms with Crippen LogP contribution in [0.4, 0.5) is 39.8 Å². The molecule has 0 fully saturated rings. The maximum atomic E-state index is 12.1. The molecular weight excluding hydrogens is 606 g/mol. The Hall–Kier alpha value is -4.65. The Kier molecular flexibility index (Phi) is 10.7. The zero-order valence-electron chi connectivity index (χ0n) is 23.0. The van der Waals surface area contributed by atoms with Crippen molar-refractivity contribution in [2.24, 2.45) is 20.5 Å². The lowest BCUT2D eigenvalue weighted by molar-refractivity contribution is 0.0601. The number of hydrogen-bond donors (Lipinski definition) is 5. The van der Waals surface area contributed by atoms with Gasteiger partial charge in [0.25, 0.3) is 10.1 Å². The van der Waals surface area contributed by atoms with Gasteiger partial charge in [-0.15, -0.1) is 20.5 Å². The Morgan fingerprint density at radius 3 is 2.21 bits per heavy atom. The Labute approximate surface area is 247 Å². The van der Waals surface area contributed by atoms with Crippen LogP contribution < -0.4 is 21.5 Å². The summed E-state index contributed by atoms with van der Waals surface area (Å²) < 4.78 is 67.6. The number of nitrogens with two attached hydrogens (primary N) is 2. The summed E-state index contributed by atoms with van der Waals surface area (Å²) in [6.07, 6.45) is 0. The first-order valence-corrected chi connectivity index (χ1v) is 15.5. The summed E-state index contributed by atoms with van der Waals surface area (Å²) in [6.45, 7) is -0.394. The van der Waals surface area contributed by atoms with Crippen LogP contribution in [0.5, 0.6) is 5.75 Å². The normalized spacial score (nSPS) is 12.1. The van der Waals surface area contributed by atoms with Gasteiger partial charge in [-0.1, -0.05) is 12.1 Å². The monoisotopic (exact) mass is 635 g/mol. The van der Waals surface area contributed by atoms with Crippen LogP contribution in [0.15, 0.2) is 73.9 Å². The van der Waals surface area contributed by atoms with E-state index in [1.165, 1.54) is 38.5 Å². The number of methoxy groups -OCH3 is 2. The van der Waals surface area contributed by atoms with Crippen LogP contribution in [0, 0.1) is 0 Å². The number of hydrogen-bond acceptors (Lipinski definition) is 15. The van der Waals surface area contributed by atoms with E-state index in [4.69, 9.17) is 26.0 Å². The summed E-state index contributed by atoms with van der Waals surface area (Å²) >= 11 is 0. The van der Waals surface area contributed by atoms with E-state index >= 15 is 0 Å². The van der Waals surface area contributed by atoms with Crippen LogP contribution >= 0.6 is 0 Å². The molecule has 0 spiro atoms. The average Bonchev–Trinajstić information content (AvgIpc) is 2.96. The Bertz CT molecular complexity index is 1780. The number of esters is 1. The first-order valence-electron chi connectivity index (χ1n) is 12.2. The van der Waals surface area contributed by atoms with Crippen molar-refractivity contribution in [3.8, 4) is 5.75 Å². The molecule has 16 nitrogen and oxygen atoms in total. The summed E-state index contributed by atoms with van der Waals surface area (Å²) in [4.78, 5) is 11.3. The third-order valence-corrected chi connectivity index (χ3v) is 8.28. The SMILES string of the molecule is COC(=O)c1ccccc1N=Nc1cc(S(=O)(=O)O)c(N)c(N=Nc2ccc(NCCS(=O)(=O)CCO)cc2OC)c1N. The Balaban J connectivity index is 1.99. The summed E-state index contributed by atoms with van der Waals surface area (Å²) in [5.41, 5.74) is 11.7. The number of sulfone groups is 1. The van der Waals surface area contributed by atoms with E-state index in [9.17, 15) is 26.2 Å². The first kappa shape index (κ1) is 32.9. The topological polar surface area (TPSA) is 258 Å². The minimum atomic E-state index is -4.88. The average molecular weight is 636 g/mol. The lowest BCUT2D eigenvalue weighted by Crippen LogP contribution is -2.20. The number of anilines is 3. The van der Waals surface area contributed by atoms with E-state index in [1.807, 2.05) is 0 Å². The van der Waals surface area contributed by atoms with Crippen molar-refractivity contribution < 1.29 is 40.8 Å².